The number of carbonyl (C=O) groups is 1. The van der Waals surface area contributed by atoms with Crippen molar-refractivity contribution in [2.75, 3.05) is 14.2 Å². The molecule has 7 heteroatoms. The Morgan fingerprint density at radius 3 is 1.74 bits per heavy atom. The average Bonchev–Trinajstić information content (AvgIpc) is 2.86. The molecule has 0 heterocycles. The van der Waals surface area contributed by atoms with Gasteiger partial charge in [-0.2, -0.15) is 0 Å². The van der Waals surface area contributed by atoms with E-state index in [1.54, 1.807) is 24.3 Å². The third kappa shape index (κ3) is 6.21. The fourth-order valence-corrected chi connectivity index (χ4v) is 4.28. The minimum absolute atomic E-state index is 0. The standard InChI is InChI=1S/C27H23O5P.Li.H/c1-29-22-14-9-15-23(30-2)26(22)27(28)33-25-17-16-21(31-19-10-5-3-6-11-19)18-24(25)32-20-12-7-4-8-13-20;;/h3-18,33H,1-2H3;;. The number of benzene rings is 4. The summed E-state index contributed by atoms with van der Waals surface area (Å²) in [5.41, 5.74) is 0.301. The predicted molar refractivity (Wildman–Crippen MR) is 138 cm³/mol. The van der Waals surface area contributed by atoms with Crippen LogP contribution in [0, 0.1) is 0 Å². The number of para-hydroxylation sites is 2. The van der Waals surface area contributed by atoms with Gasteiger partial charge in [0.1, 0.15) is 40.1 Å². The number of carbonyl (C=O) groups excluding carboxylic acids is 1. The van der Waals surface area contributed by atoms with Gasteiger partial charge in [-0.1, -0.05) is 42.5 Å². The van der Waals surface area contributed by atoms with Gasteiger partial charge in [-0.25, -0.2) is 0 Å². The van der Waals surface area contributed by atoms with Crippen molar-refractivity contribution < 1.29 is 23.7 Å². The van der Waals surface area contributed by atoms with Crippen molar-refractivity contribution in [1.29, 1.82) is 0 Å². The summed E-state index contributed by atoms with van der Waals surface area (Å²) in [7, 11) is 2.86. The summed E-state index contributed by atoms with van der Waals surface area (Å²) in [6.45, 7) is 0. The van der Waals surface area contributed by atoms with Crippen molar-refractivity contribution in [3.63, 3.8) is 0 Å². The molecule has 0 fully saturated rings. The molecule has 0 aliphatic carbocycles. The van der Waals surface area contributed by atoms with Gasteiger partial charge < -0.3 is 18.9 Å². The molecular weight excluding hydrogens is 442 g/mol. The molecule has 0 saturated carbocycles. The minimum atomic E-state index is -0.210. The zero-order chi connectivity index (χ0) is 23.0. The van der Waals surface area contributed by atoms with Gasteiger partial charge in [0.05, 0.1) is 14.2 Å². The maximum absolute atomic E-state index is 13.3. The van der Waals surface area contributed by atoms with E-state index in [-0.39, 0.29) is 33.0 Å². The molecule has 0 N–H and O–H groups in total. The van der Waals surface area contributed by atoms with Crippen LogP contribution in [0.15, 0.2) is 97.1 Å². The molecule has 5 nitrogen and oxygen atoms in total. The average molecular weight is 466 g/mol. The van der Waals surface area contributed by atoms with Crippen LogP contribution in [-0.2, 0) is 0 Å². The van der Waals surface area contributed by atoms with E-state index < -0.39 is 0 Å². The van der Waals surface area contributed by atoms with E-state index in [4.69, 9.17) is 18.9 Å². The van der Waals surface area contributed by atoms with Gasteiger partial charge in [0.15, 0.2) is 5.52 Å². The van der Waals surface area contributed by atoms with Crippen LogP contribution in [0.4, 0.5) is 0 Å². The third-order valence-corrected chi connectivity index (χ3v) is 5.97. The van der Waals surface area contributed by atoms with Crippen molar-refractivity contribution >= 4 is 38.3 Å². The topological polar surface area (TPSA) is 54.0 Å². The Morgan fingerprint density at radius 2 is 1.18 bits per heavy atom. The van der Waals surface area contributed by atoms with Crippen molar-refractivity contribution in [2.45, 2.75) is 0 Å². The molecule has 4 aromatic rings. The first kappa shape index (κ1) is 25.4. The third-order valence-electron chi connectivity index (χ3n) is 4.81. The van der Waals surface area contributed by atoms with E-state index in [0.717, 1.165) is 5.30 Å². The summed E-state index contributed by atoms with van der Waals surface area (Å²) in [5.74, 6) is 3.50. The van der Waals surface area contributed by atoms with Gasteiger partial charge in [-0.05, 0) is 57.1 Å². The number of hydrogen-bond acceptors (Lipinski definition) is 5. The van der Waals surface area contributed by atoms with Gasteiger partial charge in [0.2, 0.25) is 0 Å². The Bertz CT molecular complexity index is 1210. The molecule has 0 amide bonds. The zero-order valence-corrected chi connectivity index (χ0v) is 19.3. The first-order valence-electron chi connectivity index (χ1n) is 10.3. The second-order valence-corrected chi connectivity index (χ2v) is 8.22. The first-order chi connectivity index (χ1) is 16.2. The second-order valence-electron chi connectivity index (χ2n) is 6.98. The summed E-state index contributed by atoms with van der Waals surface area (Å²) in [5, 5.41) is 0.747. The molecule has 168 valence electrons. The van der Waals surface area contributed by atoms with E-state index in [2.05, 4.69) is 0 Å². The molecule has 1 atom stereocenters. The molecule has 0 radical (unpaired) electrons. The number of ether oxygens (including phenoxy) is 4. The Morgan fingerprint density at radius 1 is 0.618 bits per heavy atom. The predicted octanol–water partition coefficient (Wildman–Crippen LogP) is 5.78. The Labute approximate surface area is 213 Å². The van der Waals surface area contributed by atoms with Crippen LogP contribution in [0.1, 0.15) is 10.4 Å². The maximum atomic E-state index is 13.3. The van der Waals surface area contributed by atoms with Crippen molar-refractivity contribution in [3.05, 3.63) is 103 Å². The van der Waals surface area contributed by atoms with Crippen LogP contribution in [0.25, 0.3) is 0 Å². The summed E-state index contributed by atoms with van der Waals surface area (Å²) in [6.07, 6.45) is 0. The normalized spacial score (nSPS) is 10.4. The van der Waals surface area contributed by atoms with E-state index in [0.29, 0.717) is 40.1 Å². The number of methoxy groups -OCH3 is 2. The van der Waals surface area contributed by atoms with Gasteiger partial charge in [-0.15, -0.1) is 0 Å². The Balaban J connectivity index is 0.00000324. The van der Waals surface area contributed by atoms with Crippen molar-refractivity contribution in [1.82, 2.24) is 0 Å². The van der Waals surface area contributed by atoms with Gasteiger partial charge in [-0.3, -0.25) is 4.79 Å². The summed E-state index contributed by atoms with van der Waals surface area (Å²) in [4.78, 5) is 13.3. The van der Waals surface area contributed by atoms with E-state index in [9.17, 15) is 4.79 Å². The molecule has 0 aromatic heterocycles. The fraction of sp³-hybridized carbons (Fsp3) is 0.0741. The van der Waals surface area contributed by atoms with Crippen LogP contribution < -0.4 is 24.3 Å². The number of hydrogen-bond donors (Lipinski definition) is 0. The molecule has 0 spiro atoms. The molecule has 0 bridgehead atoms. The SMILES string of the molecule is COc1cccc(OC)c1C(=O)Pc1ccc(Oc2ccccc2)cc1Oc1ccccc1.[LiH]. The van der Waals surface area contributed by atoms with Crippen LogP contribution in [0.3, 0.4) is 0 Å². The van der Waals surface area contributed by atoms with Crippen LogP contribution in [0.5, 0.6) is 34.5 Å². The van der Waals surface area contributed by atoms with Crippen molar-refractivity contribution in [3.8, 4) is 34.5 Å². The molecule has 1 unspecified atom stereocenters. The molecule has 0 aliphatic rings. The molecule has 0 aliphatic heterocycles. The Kier molecular flexibility index (Phi) is 9.19. The van der Waals surface area contributed by atoms with E-state index in [1.807, 2.05) is 72.8 Å². The zero-order valence-electron chi connectivity index (χ0n) is 18.3. The van der Waals surface area contributed by atoms with Crippen LogP contribution >= 0.6 is 8.58 Å². The first-order valence-corrected chi connectivity index (χ1v) is 11.3. The molecule has 4 rings (SSSR count). The van der Waals surface area contributed by atoms with Crippen LogP contribution in [0.2, 0.25) is 0 Å². The van der Waals surface area contributed by atoms with Crippen LogP contribution in [-0.4, -0.2) is 38.6 Å². The summed E-state index contributed by atoms with van der Waals surface area (Å²) >= 11 is 0. The second kappa shape index (κ2) is 12.3. The number of rotatable bonds is 9. The van der Waals surface area contributed by atoms with Gasteiger partial charge in [0, 0.05) is 11.4 Å². The fourth-order valence-electron chi connectivity index (χ4n) is 3.25. The van der Waals surface area contributed by atoms with E-state index in [1.165, 1.54) is 14.2 Å². The monoisotopic (exact) mass is 466 g/mol. The quantitative estimate of drug-likeness (QED) is 0.231. The summed E-state index contributed by atoms with van der Waals surface area (Å²) < 4.78 is 22.9. The van der Waals surface area contributed by atoms with Gasteiger partial charge >= 0.3 is 18.9 Å². The van der Waals surface area contributed by atoms with Crippen molar-refractivity contribution in [2.24, 2.45) is 0 Å². The van der Waals surface area contributed by atoms with Gasteiger partial charge in [0.25, 0.3) is 0 Å². The molecular formula is C27H24LiO5P. The molecule has 34 heavy (non-hydrogen) atoms. The molecule has 0 saturated heterocycles. The Hall–Kier alpha value is -3.22. The van der Waals surface area contributed by atoms with E-state index >= 15 is 0 Å². The summed E-state index contributed by atoms with van der Waals surface area (Å²) in [6, 6.07) is 29.7. The molecule has 4 aromatic carbocycles.